The van der Waals surface area contributed by atoms with Crippen LogP contribution in [0.25, 0.3) is 0 Å². The summed E-state index contributed by atoms with van der Waals surface area (Å²) in [5.74, 6) is 0.791. The van der Waals surface area contributed by atoms with Crippen LogP contribution in [0.3, 0.4) is 0 Å². The van der Waals surface area contributed by atoms with Crippen LogP contribution in [-0.4, -0.2) is 28.9 Å². The number of fused-ring (bicyclic) bond motifs is 1. The predicted octanol–water partition coefficient (Wildman–Crippen LogP) is 2.86. The average molecular weight is 352 g/mol. The molecule has 2 unspecified atom stereocenters. The normalized spacial score (nSPS) is 18.1. The minimum atomic E-state index is -0.619. The van der Waals surface area contributed by atoms with Gasteiger partial charge in [-0.25, -0.2) is 4.79 Å². The Balaban J connectivity index is 1.90. The van der Waals surface area contributed by atoms with Gasteiger partial charge < -0.3 is 15.2 Å². The third kappa shape index (κ3) is 5.07. The summed E-state index contributed by atoms with van der Waals surface area (Å²) in [6.45, 7) is 7.21. The molecule has 0 aliphatic carbocycles. The molecular formula is C17H24N2O4S. The number of amides is 1. The number of nitrogens with one attached hydrogen (secondary N) is 1. The monoisotopic (exact) mass is 352 g/mol. The molecule has 3 N–H and O–H groups in total. The second-order valence-corrected chi connectivity index (χ2v) is 7.25. The van der Waals surface area contributed by atoms with Gasteiger partial charge in [0.15, 0.2) is 0 Å². The first kappa shape index (κ1) is 18.5. The molecule has 0 fully saturated rings. The van der Waals surface area contributed by atoms with Crippen LogP contribution in [0.15, 0.2) is 18.2 Å². The van der Waals surface area contributed by atoms with Gasteiger partial charge in [0.2, 0.25) is 0 Å². The number of hydrogen-bond acceptors (Lipinski definition) is 5. The van der Waals surface area contributed by atoms with Gasteiger partial charge in [-0.15, -0.1) is 0 Å². The van der Waals surface area contributed by atoms with Crippen LogP contribution in [-0.2, 0) is 16.0 Å². The molecule has 1 amide bonds. The molecule has 7 heteroatoms. The first-order valence-electron chi connectivity index (χ1n) is 7.90. The van der Waals surface area contributed by atoms with Gasteiger partial charge in [0.25, 0.3) is 0 Å². The highest BCUT2D eigenvalue weighted by Crippen LogP contribution is 2.30. The minimum Gasteiger partial charge on any atom is -0.487 e. The van der Waals surface area contributed by atoms with Crippen molar-refractivity contribution in [3.63, 3.8) is 0 Å². The Hall–Kier alpha value is -1.86. The zero-order valence-electron chi connectivity index (χ0n) is 14.4. The van der Waals surface area contributed by atoms with Gasteiger partial charge in [-0.2, -0.15) is 5.48 Å². The number of nitrogens with two attached hydrogens (primary N) is 1. The lowest BCUT2D eigenvalue weighted by Crippen LogP contribution is -2.41. The molecule has 24 heavy (non-hydrogen) atoms. The number of carbonyl (C=O) groups is 1. The molecule has 6 nitrogen and oxygen atoms in total. The third-order valence-electron chi connectivity index (χ3n) is 3.57. The number of hydrogen-bond donors (Lipinski definition) is 2. The Morgan fingerprint density at radius 1 is 1.46 bits per heavy atom. The van der Waals surface area contributed by atoms with Crippen molar-refractivity contribution in [2.75, 3.05) is 0 Å². The summed E-state index contributed by atoms with van der Waals surface area (Å²) in [6, 6.07) is 5.66. The van der Waals surface area contributed by atoms with Crippen LogP contribution in [0.5, 0.6) is 5.75 Å². The summed E-state index contributed by atoms with van der Waals surface area (Å²) in [5.41, 5.74) is 9.30. The largest absolute Gasteiger partial charge is 0.487 e. The minimum absolute atomic E-state index is 0.164. The van der Waals surface area contributed by atoms with Gasteiger partial charge in [-0.05, 0) is 64.3 Å². The number of ether oxygens (including phenoxy) is 2. The van der Waals surface area contributed by atoms with Gasteiger partial charge in [0.05, 0.1) is 0 Å². The summed E-state index contributed by atoms with van der Waals surface area (Å²) in [6.07, 6.45) is 0.498. The van der Waals surface area contributed by atoms with Crippen LogP contribution >= 0.6 is 12.2 Å². The zero-order valence-corrected chi connectivity index (χ0v) is 15.2. The van der Waals surface area contributed by atoms with Crippen LogP contribution in [0.2, 0.25) is 0 Å². The van der Waals surface area contributed by atoms with E-state index < -0.39 is 11.7 Å². The number of hydroxylamine groups is 1. The van der Waals surface area contributed by atoms with Crippen molar-refractivity contribution in [2.45, 2.75) is 58.3 Å². The van der Waals surface area contributed by atoms with Crippen molar-refractivity contribution in [3.8, 4) is 5.75 Å². The molecule has 0 radical (unpaired) electrons. The topological polar surface area (TPSA) is 82.8 Å². The van der Waals surface area contributed by atoms with Crippen molar-refractivity contribution in [1.82, 2.24) is 5.48 Å². The van der Waals surface area contributed by atoms with E-state index in [1.54, 1.807) is 20.8 Å². The number of benzene rings is 1. The molecule has 132 valence electrons. The fraction of sp³-hybridized carbons (Fsp3) is 0.529. The van der Waals surface area contributed by atoms with E-state index in [1.807, 2.05) is 25.1 Å². The van der Waals surface area contributed by atoms with E-state index in [1.165, 1.54) is 0 Å². The maximum absolute atomic E-state index is 11.6. The molecule has 1 heterocycles. The Morgan fingerprint density at radius 3 is 2.79 bits per heavy atom. The fourth-order valence-electron chi connectivity index (χ4n) is 2.41. The van der Waals surface area contributed by atoms with E-state index in [4.69, 9.17) is 32.3 Å². The average Bonchev–Trinajstić information content (AvgIpc) is 2.49. The molecule has 1 aromatic carbocycles. The Labute approximate surface area is 147 Å². The standard InChI is InChI=1S/C17H24N2O4S/c1-10(23-19-16(20)22-17(2,3)4)13-7-5-11-9-12(15(18)24)6-8-14(11)21-13/h6,8-10,13H,5,7H2,1-4H3,(H2,18,24)(H,19,20). The second kappa shape index (κ2) is 7.36. The van der Waals surface area contributed by atoms with Crippen LogP contribution in [0.1, 0.15) is 45.2 Å². The van der Waals surface area contributed by atoms with E-state index in [0.29, 0.717) is 4.99 Å². The summed E-state index contributed by atoms with van der Waals surface area (Å²) >= 11 is 4.99. The highest BCUT2D eigenvalue weighted by atomic mass is 32.1. The van der Waals surface area contributed by atoms with Crippen molar-refractivity contribution in [1.29, 1.82) is 0 Å². The highest BCUT2D eigenvalue weighted by molar-refractivity contribution is 7.80. The smallest absolute Gasteiger partial charge is 0.431 e. The fourth-order valence-corrected chi connectivity index (χ4v) is 2.54. The lowest BCUT2D eigenvalue weighted by Gasteiger charge is -2.30. The molecule has 1 aliphatic heterocycles. The number of aryl methyl sites for hydroxylation is 1. The van der Waals surface area contributed by atoms with Gasteiger partial charge in [-0.3, -0.25) is 4.84 Å². The van der Waals surface area contributed by atoms with Crippen molar-refractivity contribution in [3.05, 3.63) is 29.3 Å². The molecule has 0 spiro atoms. The molecule has 1 aliphatic rings. The number of rotatable bonds is 4. The number of thiocarbonyl (C=S) groups is 1. The summed E-state index contributed by atoms with van der Waals surface area (Å²) in [7, 11) is 0. The lowest BCUT2D eigenvalue weighted by molar-refractivity contribution is -0.0775. The van der Waals surface area contributed by atoms with Gasteiger partial charge >= 0.3 is 6.09 Å². The maximum Gasteiger partial charge on any atom is 0.431 e. The van der Waals surface area contributed by atoms with E-state index >= 15 is 0 Å². The van der Waals surface area contributed by atoms with E-state index in [2.05, 4.69) is 5.48 Å². The van der Waals surface area contributed by atoms with E-state index in [0.717, 1.165) is 29.7 Å². The van der Waals surface area contributed by atoms with Crippen molar-refractivity contribution < 1.29 is 19.1 Å². The summed E-state index contributed by atoms with van der Waals surface area (Å²) in [5, 5.41) is 0. The maximum atomic E-state index is 11.6. The lowest BCUT2D eigenvalue weighted by atomic mass is 9.98. The molecule has 2 rings (SSSR count). The molecule has 1 aromatic rings. The molecule has 0 aromatic heterocycles. The Morgan fingerprint density at radius 2 is 2.17 bits per heavy atom. The first-order valence-corrected chi connectivity index (χ1v) is 8.30. The predicted molar refractivity (Wildman–Crippen MR) is 95.0 cm³/mol. The highest BCUT2D eigenvalue weighted by Gasteiger charge is 2.27. The van der Waals surface area contributed by atoms with E-state index in [9.17, 15) is 4.79 Å². The van der Waals surface area contributed by atoms with Gasteiger partial charge in [0.1, 0.15) is 28.5 Å². The second-order valence-electron chi connectivity index (χ2n) is 6.81. The molecular weight excluding hydrogens is 328 g/mol. The first-order chi connectivity index (χ1) is 11.2. The van der Waals surface area contributed by atoms with Crippen LogP contribution in [0, 0.1) is 0 Å². The van der Waals surface area contributed by atoms with Crippen molar-refractivity contribution in [2.24, 2.45) is 5.73 Å². The molecule has 2 atom stereocenters. The van der Waals surface area contributed by atoms with Crippen LogP contribution in [0.4, 0.5) is 4.79 Å². The molecule has 0 bridgehead atoms. The Kier molecular flexibility index (Phi) is 5.66. The molecule has 0 saturated carbocycles. The van der Waals surface area contributed by atoms with E-state index in [-0.39, 0.29) is 12.2 Å². The SMILES string of the molecule is CC(ONC(=O)OC(C)(C)C)C1CCc2cc(C(N)=S)ccc2O1. The zero-order chi connectivity index (χ0) is 17.9. The Bertz CT molecular complexity index is 628. The van der Waals surface area contributed by atoms with Crippen LogP contribution < -0.4 is 16.0 Å². The summed E-state index contributed by atoms with van der Waals surface area (Å²) < 4.78 is 11.1. The van der Waals surface area contributed by atoms with Gasteiger partial charge in [-0.1, -0.05) is 12.2 Å². The summed E-state index contributed by atoms with van der Waals surface area (Å²) in [4.78, 5) is 17.4. The molecule has 0 saturated heterocycles. The third-order valence-corrected chi connectivity index (χ3v) is 3.81. The number of carbonyl (C=O) groups excluding carboxylic acids is 1. The van der Waals surface area contributed by atoms with Crippen molar-refractivity contribution >= 4 is 23.3 Å². The quantitative estimate of drug-likeness (QED) is 0.640. The van der Waals surface area contributed by atoms with Gasteiger partial charge in [0, 0.05) is 5.56 Å².